The number of methoxy groups -OCH3 is 1. The third-order valence-corrected chi connectivity index (χ3v) is 6.62. The molecule has 1 aromatic carbocycles. The summed E-state index contributed by atoms with van der Waals surface area (Å²) in [5.74, 6) is -0.288. The number of nitrogens with one attached hydrogen (secondary N) is 1. The normalized spacial score (nSPS) is 33.0. The van der Waals surface area contributed by atoms with E-state index in [2.05, 4.69) is 40.6 Å². The number of fused-ring (bicyclic) bond motifs is 5. The standard InChI is InChI=1S/C21H28N2O3/c1-3-13-11-23-9-8-18-20(14-6-4-5-7-17(14)22-18)19(23)10-15(13)16(12-24)21(25)26-2/h3-7,15-16,18-20,22,24H,8-12H2,1-2H3/t15-,16-,18-,19-,20-/m0/s1. The predicted molar refractivity (Wildman–Crippen MR) is 101 cm³/mol. The minimum atomic E-state index is -0.474. The van der Waals surface area contributed by atoms with Crippen molar-refractivity contribution >= 4 is 11.7 Å². The zero-order valence-electron chi connectivity index (χ0n) is 15.5. The Kier molecular flexibility index (Phi) is 4.76. The van der Waals surface area contributed by atoms with E-state index in [1.54, 1.807) is 0 Å². The maximum absolute atomic E-state index is 12.3. The van der Waals surface area contributed by atoms with Gasteiger partial charge in [-0.15, -0.1) is 0 Å². The van der Waals surface area contributed by atoms with Gasteiger partial charge in [-0.05, 0) is 37.3 Å². The monoisotopic (exact) mass is 356 g/mol. The smallest absolute Gasteiger partial charge is 0.311 e. The molecule has 2 N–H and O–H groups in total. The van der Waals surface area contributed by atoms with Crippen LogP contribution in [0.4, 0.5) is 5.69 Å². The molecule has 0 aliphatic carbocycles. The Labute approximate surface area is 155 Å². The molecule has 140 valence electrons. The van der Waals surface area contributed by atoms with Crippen LogP contribution in [-0.4, -0.2) is 54.9 Å². The summed E-state index contributed by atoms with van der Waals surface area (Å²) >= 11 is 0. The van der Waals surface area contributed by atoms with Gasteiger partial charge in [0.05, 0.1) is 19.6 Å². The molecule has 3 aliphatic heterocycles. The van der Waals surface area contributed by atoms with Crippen molar-refractivity contribution in [3.63, 3.8) is 0 Å². The largest absolute Gasteiger partial charge is 0.469 e. The second-order valence-electron chi connectivity index (χ2n) is 7.71. The van der Waals surface area contributed by atoms with Gasteiger partial charge in [-0.1, -0.05) is 29.8 Å². The molecule has 0 unspecified atom stereocenters. The van der Waals surface area contributed by atoms with Crippen molar-refractivity contribution in [2.45, 2.75) is 37.8 Å². The molecule has 0 aromatic heterocycles. The Morgan fingerprint density at radius 3 is 3.00 bits per heavy atom. The number of esters is 1. The number of aliphatic hydroxyl groups is 1. The van der Waals surface area contributed by atoms with E-state index in [0.29, 0.717) is 18.0 Å². The quantitative estimate of drug-likeness (QED) is 0.643. The van der Waals surface area contributed by atoms with E-state index >= 15 is 0 Å². The number of carbonyl (C=O) groups excluding carboxylic acids is 1. The van der Waals surface area contributed by atoms with Crippen molar-refractivity contribution in [3.05, 3.63) is 41.5 Å². The molecular weight excluding hydrogens is 328 g/mol. The van der Waals surface area contributed by atoms with Gasteiger partial charge in [-0.25, -0.2) is 0 Å². The molecule has 5 heteroatoms. The zero-order valence-corrected chi connectivity index (χ0v) is 15.5. The molecule has 0 spiro atoms. The summed E-state index contributed by atoms with van der Waals surface area (Å²) < 4.78 is 4.98. The number of anilines is 1. The molecule has 4 rings (SSSR count). The van der Waals surface area contributed by atoms with Gasteiger partial charge < -0.3 is 15.2 Å². The maximum atomic E-state index is 12.3. The molecule has 0 radical (unpaired) electrons. The van der Waals surface area contributed by atoms with Gasteiger partial charge in [0.25, 0.3) is 0 Å². The predicted octanol–water partition coefficient (Wildman–Crippen LogP) is 2.39. The van der Waals surface area contributed by atoms with E-state index in [1.165, 1.54) is 23.9 Å². The number of ether oxygens (including phenoxy) is 1. The summed E-state index contributed by atoms with van der Waals surface area (Å²) in [7, 11) is 1.41. The fourth-order valence-electron chi connectivity index (χ4n) is 5.35. The first-order valence-electron chi connectivity index (χ1n) is 9.61. The van der Waals surface area contributed by atoms with Crippen molar-refractivity contribution in [3.8, 4) is 0 Å². The first kappa shape index (κ1) is 17.6. The number of nitrogens with zero attached hydrogens (tertiary/aromatic N) is 1. The average molecular weight is 356 g/mol. The van der Waals surface area contributed by atoms with Crippen LogP contribution in [0.2, 0.25) is 0 Å². The highest BCUT2D eigenvalue weighted by Gasteiger charge is 2.48. The van der Waals surface area contributed by atoms with Crippen LogP contribution in [0.25, 0.3) is 0 Å². The molecule has 5 nitrogen and oxygen atoms in total. The van der Waals surface area contributed by atoms with Crippen molar-refractivity contribution < 1.29 is 14.6 Å². The summed E-state index contributed by atoms with van der Waals surface area (Å²) in [6, 6.07) is 9.46. The molecule has 2 fully saturated rings. The Bertz CT molecular complexity index is 717. The lowest BCUT2D eigenvalue weighted by Crippen LogP contribution is -2.55. The summed E-state index contributed by atoms with van der Waals surface area (Å²) in [6.07, 6.45) is 4.15. The molecule has 0 saturated carbocycles. The fourth-order valence-corrected chi connectivity index (χ4v) is 5.35. The van der Waals surface area contributed by atoms with Crippen molar-refractivity contribution in [2.75, 3.05) is 32.1 Å². The molecule has 26 heavy (non-hydrogen) atoms. The average Bonchev–Trinajstić information content (AvgIpc) is 3.06. The van der Waals surface area contributed by atoms with Crippen LogP contribution in [0.3, 0.4) is 0 Å². The van der Waals surface area contributed by atoms with Gasteiger partial charge >= 0.3 is 5.97 Å². The highest BCUT2D eigenvalue weighted by molar-refractivity contribution is 5.73. The van der Waals surface area contributed by atoms with Gasteiger partial charge in [0, 0.05) is 36.8 Å². The number of piperidine rings is 2. The van der Waals surface area contributed by atoms with Gasteiger partial charge in [-0.2, -0.15) is 0 Å². The molecule has 5 atom stereocenters. The summed E-state index contributed by atoms with van der Waals surface area (Å²) in [6.45, 7) is 3.82. The SMILES string of the molecule is CC=C1CN2CC[C@@H]3Nc4ccccc4[C@@H]3[C@@H]2C[C@@H]1[C@H](CO)C(=O)OC. The van der Waals surface area contributed by atoms with E-state index in [1.807, 2.05) is 6.92 Å². The number of carbonyl (C=O) groups is 1. The topological polar surface area (TPSA) is 61.8 Å². The van der Waals surface area contributed by atoms with E-state index in [0.717, 1.165) is 25.9 Å². The Morgan fingerprint density at radius 1 is 1.46 bits per heavy atom. The third-order valence-electron chi connectivity index (χ3n) is 6.62. The molecule has 0 amide bonds. The lowest BCUT2D eigenvalue weighted by Gasteiger charge is -2.49. The van der Waals surface area contributed by atoms with E-state index in [-0.39, 0.29) is 18.5 Å². The Morgan fingerprint density at radius 2 is 2.27 bits per heavy atom. The van der Waals surface area contributed by atoms with Crippen LogP contribution < -0.4 is 5.32 Å². The number of para-hydroxylation sites is 1. The Hall–Kier alpha value is -1.85. The maximum Gasteiger partial charge on any atom is 0.311 e. The fraction of sp³-hybridized carbons (Fsp3) is 0.571. The van der Waals surface area contributed by atoms with Crippen molar-refractivity contribution in [1.29, 1.82) is 0 Å². The number of hydrogen-bond acceptors (Lipinski definition) is 5. The van der Waals surface area contributed by atoms with Gasteiger partial charge in [0.1, 0.15) is 0 Å². The van der Waals surface area contributed by atoms with Crippen LogP contribution in [0, 0.1) is 11.8 Å². The second kappa shape index (κ2) is 7.05. The molecule has 3 heterocycles. The van der Waals surface area contributed by atoms with E-state index in [9.17, 15) is 9.90 Å². The first-order chi connectivity index (χ1) is 12.7. The van der Waals surface area contributed by atoms with Gasteiger partial charge in [-0.3, -0.25) is 9.69 Å². The van der Waals surface area contributed by atoms with Gasteiger partial charge in [0.15, 0.2) is 0 Å². The second-order valence-corrected chi connectivity index (χ2v) is 7.71. The highest BCUT2D eigenvalue weighted by atomic mass is 16.5. The number of allylic oxidation sites excluding steroid dienone is 1. The molecule has 1 aromatic rings. The number of benzene rings is 1. The van der Waals surface area contributed by atoms with E-state index < -0.39 is 5.92 Å². The van der Waals surface area contributed by atoms with Crippen LogP contribution >= 0.6 is 0 Å². The molecule has 0 bridgehead atoms. The zero-order chi connectivity index (χ0) is 18.3. The van der Waals surface area contributed by atoms with E-state index in [4.69, 9.17) is 4.74 Å². The molecular formula is C21H28N2O3. The van der Waals surface area contributed by atoms with Crippen molar-refractivity contribution in [1.82, 2.24) is 4.90 Å². The number of aliphatic hydroxyl groups excluding tert-OH is 1. The summed E-state index contributed by atoms with van der Waals surface area (Å²) in [5.41, 5.74) is 3.90. The molecule has 2 saturated heterocycles. The number of rotatable bonds is 3. The van der Waals surface area contributed by atoms with Crippen LogP contribution in [0.5, 0.6) is 0 Å². The minimum absolute atomic E-state index is 0.0465. The minimum Gasteiger partial charge on any atom is -0.469 e. The molecule has 3 aliphatic rings. The van der Waals surface area contributed by atoms with Crippen LogP contribution in [0.15, 0.2) is 35.9 Å². The van der Waals surface area contributed by atoms with Crippen molar-refractivity contribution in [2.24, 2.45) is 11.8 Å². The highest BCUT2D eigenvalue weighted by Crippen LogP contribution is 2.48. The number of hydrogen-bond donors (Lipinski definition) is 2. The third kappa shape index (κ3) is 2.74. The summed E-state index contributed by atoms with van der Waals surface area (Å²) in [4.78, 5) is 14.8. The van der Waals surface area contributed by atoms with Crippen LogP contribution in [0.1, 0.15) is 31.2 Å². The van der Waals surface area contributed by atoms with Gasteiger partial charge in [0.2, 0.25) is 0 Å². The first-order valence-corrected chi connectivity index (χ1v) is 9.61. The lowest BCUT2D eigenvalue weighted by atomic mass is 9.70. The Balaban J connectivity index is 1.66. The van der Waals surface area contributed by atoms with Crippen LogP contribution in [-0.2, 0) is 9.53 Å². The lowest BCUT2D eigenvalue weighted by molar-refractivity contribution is -0.149. The summed E-state index contributed by atoms with van der Waals surface area (Å²) in [5, 5.41) is 13.6.